The molecule has 2 unspecified atom stereocenters. The SMILES string of the molecule is CCC(C)[C@@H](C(CC(=O)N1CCC[C@H]1[C@H](OC)[C@@H](C)C(=O)C[C@H](C)[C@@H](O)c1ccccc1)OC)N(C)C(=O)[C@@H](CC(=O)[C@H](C(C)C)N(C)C(=O)OCc1ccc(NC(=O)[C@H](CCCNC(N)=O)CC(=O)[C@@H](NC(=O)CCC(=O)N(CCN2C(=O)C=CC2=O)CCN2C(=O)C=CC2=O)C(C)C)cc1)C(C)C. The molecule has 28 heteroatoms. The molecule has 1 fully saturated rings. The first-order valence-corrected chi connectivity index (χ1v) is 36.6. The van der Waals surface area contributed by atoms with Crippen molar-refractivity contribution in [1.29, 1.82) is 0 Å². The topological polar surface area (TPSA) is 368 Å². The van der Waals surface area contributed by atoms with Crippen molar-refractivity contribution < 1.29 is 86.4 Å². The second kappa shape index (κ2) is 41.6. The molecule has 12 atom stereocenters. The molecule has 0 aliphatic carbocycles. The third kappa shape index (κ3) is 24.8. The fourth-order valence-electron chi connectivity index (χ4n) is 14.1. The maximum Gasteiger partial charge on any atom is 0.410 e. The number of carbonyl (C=O) groups excluding carboxylic acids is 14. The molecular formula is C77H112N10O18. The number of benzene rings is 2. The van der Waals surface area contributed by atoms with E-state index in [9.17, 15) is 72.2 Å². The fourth-order valence-corrected chi connectivity index (χ4v) is 14.1. The summed E-state index contributed by atoms with van der Waals surface area (Å²) < 4.78 is 17.9. The highest BCUT2D eigenvalue weighted by molar-refractivity contribution is 6.13. The summed E-state index contributed by atoms with van der Waals surface area (Å²) in [4.78, 5) is 195. The number of aliphatic hydroxyl groups excluding tert-OH is 1. The molecule has 6 N–H and O–H groups in total. The molecule has 12 amide bonds. The Balaban J connectivity index is 1.18. The van der Waals surface area contributed by atoms with E-state index in [0.717, 1.165) is 39.7 Å². The number of likely N-dealkylation sites (N-methyl/N-ethyl adjacent to an activating group) is 2. The minimum Gasteiger partial charge on any atom is -0.445 e. The van der Waals surface area contributed by atoms with Crippen molar-refractivity contribution in [3.8, 4) is 0 Å². The molecule has 3 heterocycles. The molecule has 578 valence electrons. The Morgan fingerprint density at radius 3 is 1.79 bits per heavy atom. The highest BCUT2D eigenvalue weighted by Gasteiger charge is 2.44. The van der Waals surface area contributed by atoms with E-state index >= 15 is 0 Å². The monoisotopic (exact) mass is 1460 g/mol. The second-order valence-electron chi connectivity index (χ2n) is 28.9. The van der Waals surface area contributed by atoms with Crippen LogP contribution in [0, 0.1) is 47.3 Å². The van der Waals surface area contributed by atoms with Crippen LogP contribution in [0.4, 0.5) is 15.3 Å². The molecule has 28 nitrogen and oxygen atoms in total. The number of primary amides is 1. The maximum atomic E-state index is 14.9. The van der Waals surface area contributed by atoms with Gasteiger partial charge in [0.25, 0.3) is 23.6 Å². The van der Waals surface area contributed by atoms with Gasteiger partial charge in [-0.25, -0.2) is 9.59 Å². The van der Waals surface area contributed by atoms with Crippen LogP contribution in [-0.4, -0.2) is 221 Å². The third-order valence-corrected chi connectivity index (χ3v) is 20.4. The van der Waals surface area contributed by atoms with Crippen LogP contribution >= 0.6 is 0 Å². The number of Topliss-reactive ketones (excluding diaryl/α,β-unsaturated/α-hetero) is 3. The molecule has 0 aromatic heterocycles. The Labute approximate surface area is 617 Å². The van der Waals surface area contributed by atoms with Crippen molar-refractivity contribution in [1.82, 2.24) is 40.0 Å². The molecule has 105 heavy (non-hydrogen) atoms. The molecule has 3 aliphatic rings. The van der Waals surface area contributed by atoms with Gasteiger partial charge in [-0.1, -0.05) is 118 Å². The van der Waals surface area contributed by atoms with Crippen molar-refractivity contribution in [2.45, 2.75) is 189 Å². The van der Waals surface area contributed by atoms with Crippen LogP contribution in [0.25, 0.3) is 0 Å². The van der Waals surface area contributed by atoms with Crippen molar-refractivity contribution in [3.05, 3.63) is 90.0 Å². The maximum absolute atomic E-state index is 14.9. The van der Waals surface area contributed by atoms with Crippen molar-refractivity contribution in [3.63, 3.8) is 0 Å². The number of rotatable bonds is 44. The van der Waals surface area contributed by atoms with E-state index in [-0.39, 0.29) is 125 Å². The van der Waals surface area contributed by atoms with Gasteiger partial charge in [0.2, 0.25) is 29.5 Å². The van der Waals surface area contributed by atoms with E-state index in [1.165, 1.54) is 24.0 Å². The third-order valence-electron chi connectivity index (χ3n) is 20.4. The lowest BCUT2D eigenvalue weighted by atomic mass is 9.83. The van der Waals surface area contributed by atoms with Gasteiger partial charge in [-0.3, -0.25) is 67.3 Å². The lowest BCUT2D eigenvalue weighted by Gasteiger charge is -2.41. The number of anilines is 1. The van der Waals surface area contributed by atoms with Gasteiger partial charge in [-0.2, -0.15) is 0 Å². The van der Waals surface area contributed by atoms with E-state index in [1.807, 2.05) is 65.0 Å². The first kappa shape index (κ1) is 86.6. The average molecular weight is 1470 g/mol. The summed E-state index contributed by atoms with van der Waals surface area (Å²) in [5.41, 5.74) is 6.84. The van der Waals surface area contributed by atoms with Crippen LogP contribution < -0.4 is 21.7 Å². The molecule has 0 saturated carbocycles. The Hall–Kier alpha value is -9.02. The summed E-state index contributed by atoms with van der Waals surface area (Å²) in [6.45, 7) is 17.9. The van der Waals surface area contributed by atoms with E-state index in [4.69, 9.17) is 19.9 Å². The van der Waals surface area contributed by atoms with Crippen molar-refractivity contribution >= 4 is 88.3 Å². The van der Waals surface area contributed by atoms with Gasteiger partial charge in [-0.15, -0.1) is 0 Å². The molecular weight excluding hydrogens is 1350 g/mol. The van der Waals surface area contributed by atoms with Gasteiger partial charge >= 0.3 is 12.1 Å². The highest BCUT2D eigenvalue weighted by atomic mass is 16.6. The van der Waals surface area contributed by atoms with E-state index in [0.29, 0.717) is 37.1 Å². The normalized spacial score (nSPS) is 17.5. The minimum atomic E-state index is -1.11. The number of carbonyl (C=O) groups is 14. The number of likely N-dealkylation sites (tertiary alicyclic amines) is 1. The standard InChI is InChI=1S/C77H112N10O18/c1-15-49(8)71(61(103-13)44-68(97)85-36-20-24-57(85)73(104-14)51(10)58(88)41-50(9)72(98)53-21-17-16-18-22-53)82(11)75(100)56(46(2)3)43-60(90)70(48(6)7)83(12)77(102)105-45-52-25-27-55(28-26-52)80-74(99)54(23-19-35-79-76(78)101)42-59(89)69(47(4)5)81-62(91)29-30-63(92)84(37-39-86-64(93)31-32-65(86)94)38-40-87-66(95)33-34-67(87)96/h16-18,21-22,25-28,31-34,46-51,54,56-57,61,69-73,98H,15,19-20,23-24,29-30,35-45H2,1-14H3,(H,80,99)(H,81,91)(H3,78,79,101)/t49?,50-,51-,54+,56-,57-,61?,69-,70-,71-,72+,73+/m0/s1. The predicted octanol–water partition coefficient (Wildman–Crippen LogP) is 6.32. The van der Waals surface area contributed by atoms with Gasteiger partial charge in [-0.05, 0) is 78.5 Å². The fraction of sp³-hybridized carbons (Fsp3) is 0.610. The number of aliphatic hydroxyl groups is 1. The minimum absolute atomic E-state index is 0.0719. The Morgan fingerprint density at radius 2 is 1.27 bits per heavy atom. The molecule has 0 spiro atoms. The molecule has 5 rings (SSSR count). The Morgan fingerprint density at radius 1 is 0.676 bits per heavy atom. The first-order chi connectivity index (χ1) is 49.6. The van der Waals surface area contributed by atoms with Crippen LogP contribution in [0.2, 0.25) is 0 Å². The number of hydrogen-bond donors (Lipinski definition) is 5. The summed E-state index contributed by atoms with van der Waals surface area (Å²) in [7, 11) is 6.18. The Kier molecular flexibility index (Phi) is 34.3. The summed E-state index contributed by atoms with van der Waals surface area (Å²) >= 11 is 0. The lowest BCUT2D eigenvalue weighted by molar-refractivity contribution is -0.149. The molecule has 0 radical (unpaired) electrons. The number of nitrogens with one attached hydrogen (secondary N) is 3. The summed E-state index contributed by atoms with van der Waals surface area (Å²) in [5.74, 6) is -9.74. The first-order valence-electron chi connectivity index (χ1n) is 36.6. The molecule has 3 aliphatic heterocycles. The number of urea groups is 1. The van der Waals surface area contributed by atoms with Crippen LogP contribution in [0.1, 0.15) is 157 Å². The number of nitrogens with zero attached hydrogens (tertiary/aromatic N) is 6. The molecule has 2 aromatic carbocycles. The number of nitrogens with two attached hydrogens (primary N) is 1. The highest BCUT2D eigenvalue weighted by Crippen LogP contribution is 2.34. The van der Waals surface area contributed by atoms with E-state index in [1.54, 1.807) is 82.8 Å². The lowest BCUT2D eigenvalue weighted by Crippen LogP contribution is -2.54. The Bertz CT molecular complexity index is 3350. The molecule has 1 saturated heterocycles. The van der Waals surface area contributed by atoms with Gasteiger partial charge in [0.05, 0.1) is 48.9 Å². The van der Waals surface area contributed by atoms with Crippen molar-refractivity contribution in [2.24, 2.45) is 53.1 Å². The summed E-state index contributed by atoms with van der Waals surface area (Å²) in [6.07, 6.45) is 2.34. The number of ether oxygens (including phenoxy) is 3. The summed E-state index contributed by atoms with van der Waals surface area (Å²) in [5, 5.41) is 19.0. The zero-order valence-electron chi connectivity index (χ0n) is 63.5. The average Bonchev–Trinajstić information content (AvgIpc) is 1.71. The van der Waals surface area contributed by atoms with Crippen molar-refractivity contribution in [2.75, 3.05) is 72.9 Å². The number of hydrogen-bond acceptors (Lipinski definition) is 18. The van der Waals surface area contributed by atoms with E-state index < -0.39 is 138 Å². The van der Waals surface area contributed by atoms with Crippen LogP contribution in [0.3, 0.4) is 0 Å². The van der Waals surface area contributed by atoms with Gasteiger partial charge < -0.3 is 60.6 Å². The molecule has 0 bridgehead atoms. The van der Waals surface area contributed by atoms with Gasteiger partial charge in [0, 0.05) is 147 Å². The van der Waals surface area contributed by atoms with Gasteiger partial charge in [0.1, 0.15) is 12.4 Å². The van der Waals surface area contributed by atoms with Crippen LogP contribution in [0.5, 0.6) is 0 Å². The molecule has 2 aromatic rings. The predicted molar refractivity (Wildman–Crippen MR) is 390 cm³/mol. The summed E-state index contributed by atoms with van der Waals surface area (Å²) in [6, 6.07) is 11.7. The van der Waals surface area contributed by atoms with Crippen LogP contribution in [-0.2, 0) is 78.4 Å². The van der Waals surface area contributed by atoms with Crippen LogP contribution in [0.15, 0.2) is 78.9 Å². The van der Waals surface area contributed by atoms with Gasteiger partial charge in [0.15, 0.2) is 11.6 Å². The number of amides is 12. The second-order valence-corrected chi connectivity index (χ2v) is 28.9. The quantitative estimate of drug-likeness (QED) is 0.0358. The number of imide groups is 2. The zero-order chi connectivity index (χ0) is 78.1. The largest absolute Gasteiger partial charge is 0.445 e. The zero-order valence-corrected chi connectivity index (χ0v) is 63.5. The van der Waals surface area contributed by atoms with E-state index in [2.05, 4.69) is 16.0 Å². The number of ketones is 3. The number of methoxy groups -OCH3 is 2. The smallest absolute Gasteiger partial charge is 0.410 e.